The molecule has 4 heteroatoms. The second kappa shape index (κ2) is 37.9. The van der Waals surface area contributed by atoms with Crippen LogP contribution in [0.1, 0.15) is 226 Å². The summed E-state index contributed by atoms with van der Waals surface area (Å²) in [6, 6.07) is 38.7. The normalized spacial score (nSPS) is 11.7. The second-order valence-electron chi connectivity index (χ2n) is 20.2. The Bertz CT molecular complexity index is 2150. The summed E-state index contributed by atoms with van der Waals surface area (Å²) in [5.41, 5.74) is 8.96. The molecule has 0 bridgehead atoms. The molecule has 0 saturated carbocycles. The maximum atomic E-state index is 6.65. The van der Waals surface area contributed by atoms with E-state index in [1.807, 2.05) is 0 Å². The third-order valence-electron chi connectivity index (χ3n) is 13.7. The molecule has 0 N–H and O–H groups in total. The van der Waals surface area contributed by atoms with E-state index < -0.39 is 0 Å². The van der Waals surface area contributed by atoms with Crippen molar-refractivity contribution in [2.45, 2.75) is 182 Å². The van der Waals surface area contributed by atoms with Crippen LogP contribution >= 0.6 is 0 Å². The molecule has 0 radical (unpaired) electrons. The van der Waals surface area contributed by atoms with E-state index in [1.165, 1.54) is 128 Å². The molecular weight excluding hydrogens is 905 g/mol. The van der Waals surface area contributed by atoms with Crippen molar-refractivity contribution >= 4 is 48.6 Å². The van der Waals surface area contributed by atoms with Crippen LogP contribution in [0.3, 0.4) is 0 Å². The predicted molar refractivity (Wildman–Crippen MR) is 323 cm³/mol. The van der Waals surface area contributed by atoms with Gasteiger partial charge in [0, 0.05) is 11.1 Å². The lowest BCUT2D eigenvalue weighted by atomic mass is 10.0. The predicted octanol–water partition coefficient (Wildman–Crippen LogP) is 21.3. The summed E-state index contributed by atoms with van der Waals surface area (Å²) in [5.74, 6) is 3.66. The Balaban J connectivity index is 1.26. The van der Waals surface area contributed by atoms with Gasteiger partial charge in [0.2, 0.25) is 0 Å². The molecule has 0 amide bonds. The van der Waals surface area contributed by atoms with Gasteiger partial charge < -0.3 is 18.9 Å². The van der Waals surface area contributed by atoms with Gasteiger partial charge in [-0.05, 0) is 95.5 Å². The SMILES string of the molecule is CCCCCCCCOc1ccc(/C=C/c2ccc(/C=C/c3cc(OCCCCCCCC)c(/C=C/c4ccc(/C=C/c5ccc(OCCCCCCCC)cc5)cc4)cc3OCCCCCCCC)cc2)cc1. The first-order valence-corrected chi connectivity index (χ1v) is 29.4. The molecule has 4 nitrogen and oxygen atoms in total. The highest BCUT2D eigenvalue weighted by atomic mass is 16.5. The maximum Gasteiger partial charge on any atom is 0.127 e. The van der Waals surface area contributed by atoms with Crippen LogP contribution in [0, 0.1) is 0 Å². The first-order valence-electron chi connectivity index (χ1n) is 29.4. The van der Waals surface area contributed by atoms with Crippen LogP contribution in [-0.2, 0) is 0 Å². The van der Waals surface area contributed by atoms with Crippen molar-refractivity contribution in [3.8, 4) is 23.0 Å². The fourth-order valence-corrected chi connectivity index (χ4v) is 8.92. The lowest BCUT2D eigenvalue weighted by molar-refractivity contribution is 0.295. The molecule has 0 aliphatic carbocycles. The molecule has 0 aliphatic heterocycles. The Hall–Kier alpha value is -5.74. The highest BCUT2D eigenvalue weighted by Gasteiger charge is 2.11. The topological polar surface area (TPSA) is 36.9 Å². The van der Waals surface area contributed by atoms with Gasteiger partial charge in [-0.2, -0.15) is 0 Å². The van der Waals surface area contributed by atoms with Gasteiger partial charge in [0.1, 0.15) is 23.0 Å². The highest BCUT2D eigenvalue weighted by molar-refractivity contribution is 5.80. The first kappa shape index (κ1) is 59.1. The summed E-state index contributed by atoms with van der Waals surface area (Å²) in [6.45, 7) is 12.0. The number of hydrogen-bond donors (Lipinski definition) is 0. The molecule has 0 unspecified atom stereocenters. The van der Waals surface area contributed by atoms with E-state index in [2.05, 4.69) is 185 Å². The smallest absolute Gasteiger partial charge is 0.127 e. The number of hydrogen-bond acceptors (Lipinski definition) is 4. The van der Waals surface area contributed by atoms with E-state index in [9.17, 15) is 0 Å². The third-order valence-corrected chi connectivity index (χ3v) is 13.7. The van der Waals surface area contributed by atoms with Crippen LogP contribution in [0.25, 0.3) is 48.6 Å². The van der Waals surface area contributed by atoms with Crippen molar-refractivity contribution in [1.82, 2.24) is 0 Å². The van der Waals surface area contributed by atoms with Crippen molar-refractivity contribution in [1.29, 1.82) is 0 Å². The fourth-order valence-electron chi connectivity index (χ4n) is 8.92. The zero-order chi connectivity index (χ0) is 51.9. The van der Waals surface area contributed by atoms with Crippen molar-refractivity contribution in [2.75, 3.05) is 26.4 Å². The van der Waals surface area contributed by atoms with Crippen LogP contribution in [0.2, 0.25) is 0 Å². The van der Waals surface area contributed by atoms with Crippen molar-refractivity contribution in [3.05, 3.63) is 154 Å². The van der Waals surface area contributed by atoms with Crippen LogP contribution in [-0.4, -0.2) is 26.4 Å². The van der Waals surface area contributed by atoms with Gasteiger partial charge in [-0.25, -0.2) is 0 Å². The Labute approximate surface area is 450 Å². The van der Waals surface area contributed by atoms with Crippen LogP contribution < -0.4 is 18.9 Å². The zero-order valence-electron chi connectivity index (χ0n) is 46.4. The molecule has 5 aromatic carbocycles. The average molecular weight is 1000 g/mol. The quantitative estimate of drug-likeness (QED) is 0.0289. The van der Waals surface area contributed by atoms with Crippen LogP contribution in [0.5, 0.6) is 23.0 Å². The van der Waals surface area contributed by atoms with Gasteiger partial charge >= 0.3 is 0 Å². The van der Waals surface area contributed by atoms with E-state index >= 15 is 0 Å². The minimum absolute atomic E-state index is 0.691. The summed E-state index contributed by atoms with van der Waals surface area (Å²) in [4.78, 5) is 0. The van der Waals surface area contributed by atoms with Gasteiger partial charge in [0.25, 0.3) is 0 Å². The summed E-state index contributed by atoms with van der Waals surface area (Å²) < 4.78 is 25.3. The van der Waals surface area contributed by atoms with Crippen molar-refractivity contribution in [2.24, 2.45) is 0 Å². The molecule has 398 valence electrons. The zero-order valence-corrected chi connectivity index (χ0v) is 46.4. The largest absolute Gasteiger partial charge is 0.494 e. The van der Waals surface area contributed by atoms with Crippen LogP contribution in [0.15, 0.2) is 109 Å². The van der Waals surface area contributed by atoms with Crippen LogP contribution in [0.4, 0.5) is 0 Å². The number of unbranched alkanes of at least 4 members (excludes halogenated alkanes) is 20. The van der Waals surface area contributed by atoms with Gasteiger partial charge in [0.15, 0.2) is 0 Å². The third kappa shape index (κ3) is 25.0. The van der Waals surface area contributed by atoms with E-state index in [0.29, 0.717) is 13.2 Å². The summed E-state index contributed by atoms with van der Waals surface area (Å²) in [5, 5.41) is 0. The Morgan fingerprint density at radius 1 is 0.243 bits per heavy atom. The van der Waals surface area contributed by atoms with E-state index in [0.717, 1.165) is 106 Å². The molecule has 5 aromatic rings. The Morgan fingerprint density at radius 2 is 0.459 bits per heavy atom. The first-order chi connectivity index (χ1) is 36.6. The molecule has 0 saturated heterocycles. The van der Waals surface area contributed by atoms with E-state index in [4.69, 9.17) is 18.9 Å². The maximum absolute atomic E-state index is 6.65. The molecule has 0 aromatic heterocycles. The lowest BCUT2D eigenvalue weighted by Gasteiger charge is -2.15. The lowest BCUT2D eigenvalue weighted by Crippen LogP contribution is -2.03. The van der Waals surface area contributed by atoms with Crippen molar-refractivity contribution < 1.29 is 18.9 Å². The molecule has 0 aliphatic rings. The number of benzene rings is 5. The van der Waals surface area contributed by atoms with Gasteiger partial charge in [-0.1, -0.05) is 278 Å². The van der Waals surface area contributed by atoms with E-state index in [-0.39, 0.29) is 0 Å². The monoisotopic (exact) mass is 999 g/mol. The molecule has 0 heterocycles. The molecular formula is C70H94O4. The molecule has 5 rings (SSSR count). The summed E-state index contributed by atoms with van der Waals surface area (Å²) in [6.07, 6.45) is 47.3. The molecule has 0 atom stereocenters. The van der Waals surface area contributed by atoms with Gasteiger partial charge in [0.05, 0.1) is 26.4 Å². The number of ether oxygens (including phenoxy) is 4. The molecule has 0 spiro atoms. The number of rotatable bonds is 40. The summed E-state index contributed by atoms with van der Waals surface area (Å²) >= 11 is 0. The highest BCUT2D eigenvalue weighted by Crippen LogP contribution is 2.33. The fraction of sp³-hybridized carbons (Fsp3) is 0.457. The van der Waals surface area contributed by atoms with Crippen molar-refractivity contribution in [3.63, 3.8) is 0 Å². The average Bonchev–Trinajstić information content (AvgIpc) is 3.43. The van der Waals surface area contributed by atoms with Gasteiger partial charge in [-0.3, -0.25) is 0 Å². The van der Waals surface area contributed by atoms with Gasteiger partial charge in [-0.15, -0.1) is 0 Å². The molecule has 0 fully saturated rings. The Kier molecular flexibility index (Phi) is 30.3. The Morgan fingerprint density at radius 3 is 0.730 bits per heavy atom. The second-order valence-corrected chi connectivity index (χ2v) is 20.2. The van der Waals surface area contributed by atoms with E-state index in [1.54, 1.807) is 0 Å². The minimum atomic E-state index is 0.691. The minimum Gasteiger partial charge on any atom is -0.494 e. The standard InChI is InChI=1S/C70H94O4/c1-5-9-13-17-21-25-53-71-67-49-43-63(44-50-67)39-33-59-29-35-61(36-30-59)41-47-65-57-70(74-56-28-24-20-16-12-8-4)66(58-69(65)73-55-27-23-19-15-11-7-3)48-42-62-37-31-60(32-38-62)34-40-64-45-51-68(52-46-64)72-54-26-22-18-14-10-6-2/h29-52,57-58H,5-28,53-56H2,1-4H3/b39-33+,40-34+,47-41+,48-42+. The summed E-state index contributed by atoms with van der Waals surface area (Å²) in [7, 11) is 0. The molecule has 74 heavy (non-hydrogen) atoms.